The van der Waals surface area contributed by atoms with E-state index in [-0.39, 0.29) is 23.4 Å². The van der Waals surface area contributed by atoms with E-state index in [0.29, 0.717) is 19.0 Å². The van der Waals surface area contributed by atoms with Crippen molar-refractivity contribution < 1.29 is 9.90 Å². The molecule has 1 aliphatic heterocycles. The van der Waals surface area contributed by atoms with Crippen molar-refractivity contribution in [2.24, 2.45) is 11.7 Å². The van der Waals surface area contributed by atoms with E-state index in [9.17, 15) is 14.7 Å². The Kier molecular flexibility index (Phi) is 3.90. The van der Waals surface area contributed by atoms with Gasteiger partial charge in [-0.1, -0.05) is 0 Å². The molecule has 1 aromatic heterocycles. The summed E-state index contributed by atoms with van der Waals surface area (Å²) in [6, 6.07) is 2.63. The van der Waals surface area contributed by atoms with Gasteiger partial charge in [-0.15, -0.1) is 0 Å². The Labute approximate surface area is 111 Å². The van der Waals surface area contributed by atoms with Crippen LogP contribution >= 0.6 is 0 Å². The quantitative estimate of drug-likeness (QED) is 0.715. The Morgan fingerprint density at radius 3 is 2.63 bits per heavy atom. The SMILES string of the molecule is CC(N)C1CCN(C(=O)c2cc(O)[nH]c(=O)c2)CC1. The number of aromatic amines is 1. The largest absolute Gasteiger partial charge is 0.494 e. The summed E-state index contributed by atoms with van der Waals surface area (Å²) in [6.07, 6.45) is 1.75. The zero-order valence-corrected chi connectivity index (χ0v) is 10.9. The highest BCUT2D eigenvalue weighted by molar-refractivity contribution is 5.94. The van der Waals surface area contributed by atoms with Crippen LogP contribution in [-0.2, 0) is 0 Å². The summed E-state index contributed by atoms with van der Waals surface area (Å²) in [5, 5.41) is 9.31. The van der Waals surface area contributed by atoms with Gasteiger partial charge in [0, 0.05) is 31.3 Å². The summed E-state index contributed by atoms with van der Waals surface area (Å²) in [5.41, 5.74) is 5.60. The predicted octanol–water partition coefficient (Wildman–Crippen LogP) is 0.280. The van der Waals surface area contributed by atoms with E-state index >= 15 is 0 Å². The molecule has 0 radical (unpaired) electrons. The Hall–Kier alpha value is -1.82. The number of hydrogen-bond acceptors (Lipinski definition) is 4. The molecule has 2 rings (SSSR count). The van der Waals surface area contributed by atoms with Crippen molar-refractivity contribution in [1.82, 2.24) is 9.88 Å². The monoisotopic (exact) mass is 265 g/mol. The average Bonchev–Trinajstić information content (AvgIpc) is 2.37. The molecule has 104 valence electrons. The number of nitrogens with two attached hydrogens (primary N) is 1. The fourth-order valence-corrected chi connectivity index (χ4v) is 2.46. The van der Waals surface area contributed by atoms with Gasteiger partial charge in [0.2, 0.25) is 0 Å². The zero-order chi connectivity index (χ0) is 14.0. The molecule has 6 nitrogen and oxygen atoms in total. The molecule has 1 fully saturated rings. The standard InChI is InChI=1S/C13H19N3O3/c1-8(14)9-2-4-16(5-3-9)13(19)10-6-11(17)15-12(18)7-10/h6-9H,2-5,14H2,1H3,(H2,15,17,18). The lowest BCUT2D eigenvalue weighted by Gasteiger charge is -2.33. The fraction of sp³-hybridized carbons (Fsp3) is 0.538. The fourth-order valence-electron chi connectivity index (χ4n) is 2.46. The van der Waals surface area contributed by atoms with Crippen LogP contribution in [0, 0.1) is 5.92 Å². The minimum absolute atomic E-state index is 0.140. The molecule has 2 heterocycles. The highest BCUT2D eigenvalue weighted by Crippen LogP contribution is 2.21. The first-order valence-corrected chi connectivity index (χ1v) is 6.45. The third-order valence-electron chi connectivity index (χ3n) is 3.65. The summed E-state index contributed by atoms with van der Waals surface area (Å²) >= 11 is 0. The number of likely N-dealkylation sites (tertiary alicyclic amines) is 1. The maximum absolute atomic E-state index is 12.2. The molecule has 0 bridgehead atoms. The number of carbonyl (C=O) groups excluding carboxylic acids is 1. The predicted molar refractivity (Wildman–Crippen MR) is 71.0 cm³/mol. The number of nitrogens with zero attached hydrogens (tertiary/aromatic N) is 1. The van der Waals surface area contributed by atoms with Gasteiger partial charge >= 0.3 is 0 Å². The Balaban J connectivity index is 2.07. The number of nitrogens with one attached hydrogen (secondary N) is 1. The lowest BCUT2D eigenvalue weighted by Crippen LogP contribution is -2.42. The lowest BCUT2D eigenvalue weighted by atomic mass is 9.91. The highest BCUT2D eigenvalue weighted by Gasteiger charge is 2.25. The van der Waals surface area contributed by atoms with Crippen molar-refractivity contribution in [2.45, 2.75) is 25.8 Å². The van der Waals surface area contributed by atoms with Gasteiger partial charge in [0.1, 0.15) is 0 Å². The number of pyridine rings is 1. The topological polar surface area (TPSA) is 99.4 Å². The second-order valence-corrected chi connectivity index (χ2v) is 5.11. The van der Waals surface area contributed by atoms with Crippen molar-refractivity contribution in [3.63, 3.8) is 0 Å². The second kappa shape index (κ2) is 5.44. The molecule has 0 aromatic carbocycles. The molecule has 1 amide bonds. The number of aromatic hydroxyl groups is 1. The normalized spacial score (nSPS) is 18.3. The molecule has 1 unspecified atom stereocenters. The first-order chi connectivity index (χ1) is 8.97. The lowest BCUT2D eigenvalue weighted by molar-refractivity contribution is 0.0680. The van der Waals surface area contributed by atoms with Gasteiger partial charge in [-0.2, -0.15) is 0 Å². The van der Waals surface area contributed by atoms with Gasteiger partial charge in [0.25, 0.3) is 11.5 Å². The van der Waals surface area contributed by atoms with E-state index in [1.54, 1.807) is 4.90 Å². The highest BCUT2D eigenvalue weighted by atomic mass is 16.3. The van der Waals surface area contributed by atoms with E-state index in [4.69, 9.17) is 5.73 Å². The van der Waals surface area contributed by atoms with Crippen molar-refractivity contribution in [2.75, 3.05) is 13.1 Å². The van der Waals surface area contributed by atoms with Gasteiger partial charge in [-0.05, 0) is 25.7 Å². The van der Waals surface area contributed by atoms with Crippen molar-refractivity contribution in [1.29, 1.82) is 0 Å². The summed E-state index contributed by atoms with van der Waals surface area (Å²) in [4.78, 5) is 27.4. The molecule has 1 atom stereocenters. The number of rotatable bonds is 2. The van der Waals surface area contributed by atoms with Crippen LogP contribution in [0.15, 0.2) is 16.9 Å². The number of piperidine rings is 1. The molecule has 1 aromatic rings. The van der Waals surface area contributed by atoms with Gasteiger partial charge < -0.3 is 15.7 Å². The molecule has 19 heavy (non-hydrogen) atoms. The number of hydrogen-bond donors (Lipinski definition) is 3. The van der Waals surface area contributed by atoms with Crippen molar-refractivity contribution in [3.8, 4) is 5.88 Å². The number of aromatic nitrogens is 1. The molecule has 0 spiro atoms. The van der Waals surface area contributed by atoms with Gasteiger partial charge in [-0.3, -0.25) is 14.6 Å². The molecule has 0 aliphatic carbocycles. The van der Waals surface area contributed by atoms with Crippen LogP contribution in [0.4, 0.5) is 0 Å². The average molecular weight is 265 g/mol. The molecule has 4 N–H and O–H groups in total. The molecule has 1 saturated heterocycles. The number of amides is 1. The van der Waals surface area contributed by atoms with Crippen LogP contribution < -0.4 is 11.3 Å². The molecular weight excluding hydrogens is 246 g/mol. The van der Waals surface area contributed by atoms with E-state index in [2.05, 4.69) is 4.98 Å². The first-order valence-electron chi connectivity index (χ1n) is 6.45. The summed E-state index contributed by atoms with van der Waals surface area (Å²) in [5.74, 6) is -0.0672. The van der Waals surface area contributed by atoms with Crippen LogP contribution in [0.1, 0.15) is 30.1 Å². The molecule has 0 saturated carbocycles. The smallest absolute Gasteiger partial charge is 0.254 e. The van der Waals surface area contributed by atoms with Crippen LogP contribution in [-0.4, -0.2) is 40.0 Å². The Bertz CT molecular complexity index is 516. The third kappa shape index (κ3) is 3.14. The number of carbonyl (C=O) groups is 1. The van der Waals surface area contributed by atoms with Crippen LogP contribution in [0.3, 0.4) is 0 Å². The number of H-pyrrole nitrogens is 1. The summed E-state index contributed by atoms with van der Waals surface area (Å²) < 4.78 is 0. The minimum atomic E-state index is -0.478. The van der Waals surface area contributed by atoms with Crippen molar-refractivity contribution in [3.05, 3.63) is 28.0 Å². The van der Waals surface area contributed by atoms with Gasteiger partial charge in [-0.25, -0.2) is 0 Å². The second-order valence-electron chi connectivity index (χ2n) is 5.11. The van der Waals surface area contributed by atoms with E-state index in [1.807, 2.05) is 6.92 Å². The molecule has 1 aliphatic rings. The first kappa shape index (κ1) is 13.6. The van der Waals surface area contributed by atoms with Gasteiger partial charge in [0.15, 0.2) is 5.88 Å². The summed E-state index contributed by atoms with van der Waals surface area (Å²) in [7, 11) is 0. The molecule has 6 heteroatoms. The van der Waals surface area contributed by atoms with E-state index in [1.165, 1.54) is 12.1 Å². The maximum atomic E-state index is 12.2. The Morgan fingerprint density at radius 1 is 1.47 bits per heavy atom. The maximum Gasteiger partial charge on any atom is 0.254 e. The van der Waals surface area contributed by atoms with E-state index in [0.717, 1.165) is 12.8 Å². The Morgan fingerprint density at radius 2 is 2.11 bits per heavy atom. The van der Waals surface area contributed by atoms with E-state index < -0.39 is 5.56 Å². The minimum Gasteiger partial charge on any atom is -0.494 e. The molecular formula is C13H19N3O3. The van der Waals surface area contributed by atoms with Crippen LogP contribution in [0.2, 0.25) is 0 Å². The van der Waals surface area contributed by atoms with Crippen LogP contribution in [0.5, 0.6) is 5.88 Å². The van der Waals surface area contributed by atoms with Crippen molar-refractivity contribution >= 4 is 5.91 Å². The summed E-state index contributed by atoms with van der Waals surface area (Å²) in [6.45, 7) is 3.26. The van der Waals surface area contributed by atoms with Gasteiger partial charge in [0.05, 0.1) is 5.56 Å². The zero-order valence-electron chi connectivity index (χ0n) is 10.9. The third-order valence-corrected chi connectivity index (χ3v) is 3.65. The van der Waals surface area contributed by atoms with Crippen LogP contribution in [0.25, 0.3) is 0 Å².